The molecule has 2 heterocycles. The largest absolute Gasteiger partial charge is 0.397 e. The molecule has 1 amide bonds. The molecule has 0 aliphatic heterocycles. The first kappa shape index (κ1) is 12.7. The van der Waals surface area contributed by atoms with E-state index < -0.39 is 0 Å². The summed E-state index contributed by atoms with van der Waals surface area (Å²) in [5, 5.41) is 5.02. The second kappa shape index (κ2) is 5.27. The van der Waals surface area contributed by atoms with E-state index >= 15 is 0 Å². The lowest BCUT2D eigenvalue weighted by Gasteiger charge is -2.13. The number of aryl methyl sites for hydroxylation is 1. The van der Waals surface area contributed by atoms with Gasteiger partial charge < -0.3 is 15.6 Å². The van der Waals surface area contributed by atoms with Gasteiger partial charge in [0.25, 0.3) is 5.91 Å². The molecular formula is C13H17N3OS. The Hall–Kier alpha value is -1.75. The van der Waals surface area contributed by atoms with E-state index in [1.165, 1.54) is 4.88 Å². The molecule has 0 aliphatic rings. The van der Waals surface area contributed by atoms with Gasteiger partial charge in [-0.2, -0.15) is 0 Å². The minimum absolute atomic E-state index is 0.0849. The summed E-state index contributed by atoms with van der Waals surface area (Å²) in [5.74, 6) is -0.0849. The Kier molecular flexibility index (Phi) is 3.72. The van der Waals surface area contributed by atoms with Crippen LogP contribution in [0.1, 0.15) is 22.3 Å². The van der Waals surface area contributed by atoms with Gasteiger partial charge in [-0.05, 0) is 24.4 Å². The van der Waals surface area contributed by atoms with Gasteiger partial charge in [0.1, 0.15) is 5.69 Å². The summed E-state index contributed by atoms with van der Waals surface area (Å²) in [4.78, 5) is 13.3. The lowest BCUT2D eigenvalue weighted by Crippen LogP contribution is -2.34. The molecule has 0 aliphatic carbocycles. The lowest BCUT2D eigenvalue weighted by atomic mass is 10.2. The molecule has 0 spiro atoms. The van der Waals surface area contributed by atoms with Gasteiger partial charge in [0.2, 0.25) is 0 Å². The van der Waals surface area contributed by atoms with E-state index in [9.17, 15) is 4.79 Å². The van der Waals surface area contributed by atoms with Crippen molar-refractivity contribution < 1.29 is 4.79 Å². The molecule has 0 saturated heterocycles. The summed E-state index contributed by atoms with van der Waals surface area (Å²) in [6, 6.07) is 5.89. The fraction of sp³-hybridized carbons (Fsp3) is 0.308. The van der Waals surface area contributed by atoms with Crippen LogP contribution in [0.15, 0.2) is 29.8 Å². The molecule has 18 heavy (non-hydrogen) atoms. The van der Waals surface area contributed by atoms with Crippen molar-refractivity contribution in [3.8, 4) is 0 Å². The van der Waals surface area contributed by atoms with Crippen LogP contribution in [0.3, 0.4) is 0 Å². The van der Waals surface area contributed by atoms with Crippen molar-refractivity contribution in [2.24, 2.45) is 7.05 Å². The number of hydrogen-bond donors (Lipinski definition) is 2. The van der Waals surface area contributed by atoms with Crippen LogP contribution < -0.4 is 11.1 Å². The van der Waals surface area contributed by atoms with Crippen LogP contribution in [0.2, 0.25) is 0 Å². The molecule has 2 aromatic rings. The average Bonchev–Trinajstić information content (AvgIpc) is 2.88. The van der Waals surface area contributed by atoms with E-state index in [1.54, 1.807) is 28.2 Å². The van der Waals surface area contributed by atoms with E-state index in [1.807, 2.05) is 25.4 Å². The van der Waals surface area contributed by atoms with Crippen molar-refractivity contribution in [3.05, 3.63) is 40.3 Å². The Labute approximate surface area is 110 Å². The first-order valence-corrected chi connectivity index (χ1v) is 6.69. The topological polar surface area (TPSA) is 60.1 Å². The van der Waals surface area contributed by atoms with Gasteiger partial charge in [-0.3, -0.25) is 4.79 Å². The first-order chi connectivity index (χ1) is 8.56. The zero-order valence-corrected chi connectivity index (χ0v) is 11.3. The van der Waals surface area contributed by atoms with Crippen molar-refractivity contribution in [3.63, 3.8) is 0 Å². The van der Waals surface area contributed by atoms with Crippen LogP contribution in [0.25, 0.3) is 0 Å². The molecule has 3 N–H and O–H groups in total. The molecule has 2 aromatic heterocycles. The van der Waals surface area contributed by atoms with Crippen LogP contribution in [0.4, 0.5) is 5.69 Å². The van der Waals surface area contributed by atoms with Gasteiger partial charge in [0.05, 0.1) is 5.69 Å². The summed E-state index contributed by atoms with van der Waals surface area (Å²) < 4.78 is 1.74. The summed E-state index contributed by atoms with van der Waals surface area (Å²) >= 11 is 1.70. The number of carbonyl (C=O) groups is 1. The standard InChI is InChI=1S/C13H17N3OS/c1-9(6-11-4-3-5-18-11)15-13(17)12-7-10(14)8-16(12)2/h3-5,7-9H,6,14H2,1-2H3,(H,15,17). The van der Waals surface area contributed by atoms with Crippen molar-refractivity contribution in [1.29, 1.82) is 0 Å². The average molecular weight is 263 g/mol. The minimum Gasteiger partial charge on any atom is -0.397 e. The number of rotatable bonds is 4. The van der Waals surface area contributed by atoms with Gasteiger partial charge in [-0.25, -0.2) is 0 Å². The summed E-state index contributed by atoms with van der Waals surface area (Å²) in [6.07, 6.45) is 2.59. The molecule has 0 aromatic carbocycles. The number of anilines is 1. The third-order valence-electron chi connectivity index (χ3n) is 2.72. The Bertz CT molecular complexity index is 530. The highest BCUT2D eigenvalue weighted by Gasteiger charge is 2.14. The Morgan fingerprint density at radius 1 is 1.61 bits per heavy atom. The third kappa shape index (κ3) is 2.92. The monoisotopic (exact) mass is 263 g/mol. The number of nitrogens with one attached hydrogen (secondary N) is 1. The van der Waals surface area contributed by atoms with E-state index in [4.69, 9.17) is 5.73 Å². The second-order valence-electron chi connectivity index (χ2n) is 4.43. The highest BCUT2D eigenvalue weighted by molar-refractivity contribution is 7.09. The highest BCUT2D eigenvalue weighted by atomic mass is 32.1. The second-order valence-corrected chi connectivity index (χ2v) is 5.46. The zero-order valence-electron chi connectivity index (χ0n) is 10.5. The van der Waals surface area contributed by atoms with Crippen molar-refractivity contribution in [2.75, 3.05) is 5.73 Å². The molecular weight excluding hydrogens is 246 g/mol. The molecule has 0 bridgehead atoms. The van der Waals surface area contributed by atoms with E-state index in [-0.39, 0.29) is 11.9 Å². The van der Waals surface area contributed by atoms with Gasteiger partial charge >= 0.3 is 0 Å². The molecule has 1 atom stereocenters. The van der Waals surface area contributed by atoms with Gasteiger partial charge in [-0.1, -0.05) is 6.07 Å². The molecule has 5 heteroatoms. The predicted octanol–water partition coefficient (Wildman–Crippen LogP) is 2.03. The van der Waals surface area contributed by atoms with Crippen molar-refractivity contribution in [2.45, 2.75) is 19.4 Å². The first-order valence-electron chi connectivity index (χ1n) is 5.81. The molecule has 4 nitrogen and oxygen atoms in total. The molecule has 96 valence electrons. The van der Waals surface area contributed by atoms with Crippen LogP contribution in [-0.4, -0.2) is 16.5 Å². The van der Waals surface area contributed by atoms with Crippen LogP contribution >= 0.6 is 11.3 Å². The molecule has 0 fully saturated rings. The SMILES string of the molecule is CC(Cc1cccs1)NC(=O)c1cc(N)cn1C. The zero-order chi connectivity index (χ0) is 13.1. The van der Waals surface area contributed by atoms with Crippen LogP contribution in [0, 0.1) is 0 Å². The maximum absolute atomic E-state index is 12.0. The number of nitrogens with zero attached hydrogens (tertiary/aromatic N) is 1. The van der Waals surface area contributed by atoms with Gasteiger partial charge in [0.15, 0.2) is 0 Å². The normalized spacial score (nSPS) is 12.3. The highest BCUT2D eigenvalue weighted by Crippen LogP contribution is 2.12. The summed E-state index contributed by atoms with van der Waals surface area (Å²) in [5.41, 5.74) is 6.85. The number of thiophene rings is 1. The van der Waals surface area contributed by atoms with E-state index in [2.05, 4.69) is 11.4 Å². The Morgan fingerprint density at radius 3 is 2.94 bits per heavy atom. The van der Waals surface area contributed by atoms with Crippen molar-refractivity contribution >= 4 is 22.9 Å². The number of aromatic nitrogens is 1. The third-order valence-corrected chi connectivity index (χ3v) is 3.62. The number of nitrogen functional groups attached to an aromatic ring is 1. The molecule has 2 rings (SSSR count). The quantitative estimate of drug-likeness (QED) is 0.886. The van der Waals surface area contributed by atoms with Crippen molar-refractivity contribution in [1.82, 2.24) is 9.88 Å². The maximum atomic E-state index is 12.0. The Balaban J connectivity index is 1.97. The molecule has 0 saturated carbocycles. The van der Waals surface area contributed by atoms with Gasteiger partial charge in [-0.15, -0.1) is 11.3 Å². The predicted molar refractivity (Wildman–Crippen MR) is 74.8 cm³/mol. The fourth-order valence-electron chi connectivity index (χ4n) is 1.90. The lowest BCUT2D eigenvalue weighted by molar-refractivity contribution is 0.0932. The molecule has 0 radical (unpaired) electrons. The maximum Gasteiger partial charge on any atom is 0.268 e. The number of nitrogens with two attached hydrogens (primary N) is 1. The molecule has 1 unspecified atom stereocenters. The number of hydrogen-bond acceptors (Lipinski definition) is 3. The van der Waals surface area contributed by atoms with Crippen LogP contribution in [-0.2, 0) is 13.5 Å². The fourth-order valence-corrected chi connectivity index (χ4v) is 2.73. The Morgan fingerprint density at radius 2 is 2.39 bits per heavy atom. The minimum atomic E-state index is -0.0849. The smallest absolute Gasteiger partial charge is 0.268 e. The summed E-state index contributed by atoms with van der Waals surface area (Å²) in [6.45, 7) is 2.00. The van der Waals surface area contributed by atoms with E-state index in [0.717, 1.165) is 6.42 Å². The summed E-state index contributed by atoms with van der Waals surface area (Å²) in [7, 11) is 1.81. The number of carbonyl (C=O) groups excluding carboxylic acids is 1. The van der Waals surface area contributed by atoms with Crippen LogP contribution in [0.5, 0.6) is 0 Å². The van der Waals surface area contributed by atoms with Gasteiger partial charge in [0, 0.05) is 30.6 Å². The number of amides is 1. The van der Waals surface area contributed by atoms with E-state index in [0.29, 0.717) is 11.4 Å².